The monoisotopic (exact) mass is 579 g/mol. The highest BCUT2D eigenvalue weighted by Crippen LogP contribution is 2.38. The van der Waals surface area contributed by atoms with E-state index in [1.54, 1.807) is 30.3 Å². The number of benzene rings is 2. The van der Waals surface area contributed by atoms with Gasteiger partial charge in [-0.1, -0.05) is 12.1 Å². The van der Waals surface area contributed by atoms with E-state index < -0.39 is 15.6 Å². The average molecular weight is 580 g/mol. The van der Waals surface area contributed by atoms with Crippen LogP contribution in [0.4, 0.5) is 15.9 Å². The van der Waals surface area contributed by atoms with Gasteiger partial charge in [0, 0.05) is 51.2 Å². The number of hydrogen-bond acceptors (Lipinski definition) is 7. The highest BCUT2D eigenvalue weighted by molar-refractivity contribution is 7.89. The summed E-state index contributed by atoms with van der Waals surface area (Å²) in [6, 6.07) is 15.3. The molecule has 3 aromatic rings. The Bertz CT molecular complexity index is 1530. The van der Waals surface area contributed by atoms with E-state index in [0.717, 1.165) is 34.2 Å². The Morgan fingerprint density at radius 2 is 1.78 bits per heavy atom. The molecule has 1 amide bonds. The van der Waals surface area contributed by atoms with Gasteiger partial charge < -0.3 is 10.6 Å². The van der Waals surface area contributed by atoms with E-state index in [9.17, 15) is 22.9 Å². The summed E-state index contributed by atoms with van der Waals surface area (Å²) in [5.41, 5.74) is 2.65. The van der Waals surface area contributed by atoms with Gasteiger partial charge >= 0.3 is 0 Å². The number of nitriles is 1. The first-order valence-corrected chi connectivity index (χ1v) is 14.6. The van der Waals surface area contributed by atoms with Crippen molar-refractivity contribution >= 4 is 34.0 Å². The molecule has 4 rings (SSSR count). The second-order valence-corrected chi connectivity index (χ2v) is 12.4. The predicted octanol–water partition coefficient (Wildman–Crippen LogP) is 3.95. The third-order valence-corrected chi connectivity index (χ3v) is 9.26. The molecule has 0 saturated carbocycles. The van der Waals surface area contributed by atoms with Crippen LogP contribution in [0.1, 0.15) is 36.1 Å². The molecule has 0 bridgehead atoms. The lowest BCUT2D eigenvalue weighted by Gasteiger charge is -2.41. The van der Waals surface area contributed by atoms with Crippen molar-refractivity contribution in [3.05, 3.63) is 77.4 Å². The van der Waals surface area contributed by atoms with Crippen molar-refractivity contribution in [2.75, 3.05) is 32.5 Å². The van der Waals surface area contributed by atoms with Crippen LogP contribution in [0.2, 0.25) is 0 Å². The standard InChI is InChI=1S/C29H34FN7O3S/c1-22-27(12-17-32-21-38)37(34-28(22)33-25-8-10-26(11-9-25)41(39,40)35(2)3)29(13-16-31)14-18-36(19-15-29)20-23-4-6-24(30)7-5-23/h4-12,17,21H,13-15,18-20H2,1-3H3,(H,32,38)(H,33,34)/b17-12-. The highest BCUT2D eigenvalue weighted by atomic mass is 32.2. The van der Waals surface area contributed by atoms with E-state index >= 15 is 0 Å². The molecule has 2 aromatic carbocycles. The zero-order chi connectivity index (χ0) is 29.6. The predicted molar refractivity (Wildman–Crippen MR) is 155 cm³/mol. The lowest BCUT2D eigenvalue weighted by Crippen LogP contribution is -2.46. The van der Waals surface area contributed by atoms with E-state index in [2.05, 4.69) is 21.6 Å². The van der Waals surface area contributed by atoms with Crippen molar-refractivity contribution in [2.45, 2.75) is 43.2 Å². The van der Waals surface area contributed by atoms with E-state index in [1.807, 2.05) is 11.6 Å². The maximum Gasteiger partial charge on any atom is 0.242 e. The fraction of sp³-hybridized carbons (Fsp3) is 0.345. The van der Waals surface area contributed by atoms with Gasteiger partial charge in [0.2, 0.25) is 16.4 Å². The first-order chi connectivity index (χ1) is 19.6. The summed E-state index contributed by atoms with van der Waals surface area (Å²) in [6.07, 6.45) is 5.45. The maximum absolute atomic E-state index is 13.3. The molecule has 10 nitrogen and oxygen atoms in total. The van der Waals surface area contributed by atoms with Crippen LogP contribution in [-0.4, -0.2) is 61.0 Å². The van der Waals surface area contributed by atoms with Gasteiger partial charge in [-0.15, -0.1) is 0 Å². The third kappa shape index (κ3) is 6.65. The van der Waals surface area contributed by atoms with Gasteiger partial charge in [-0.25, -0.2) is 17.1 Å². The molecule has 1 aliphatic rings. The summed E-state index contributed by atoms with van der Waals surface area (Å²) >= 11 is 0. The molecule has 0 spiro atoms. The molecule has 1 fully saturated rings. The van der Waals surface area contributed by atoms with Crippen LogP contribution in [0.25, 0.3) is 6.08 Å². The summed E-state index contributed by atoms with van der Waals surface area (Å²) in [6.45, 7) is 4.03. The molecule has 0 atom stereocenters. The highest BCUT2D eigenvalue weighted by Gasteiger charge is 2.39. The molecule has 0 radical (unpaired) electrons. The number of carbonyl (C=O) groups excluding carboxylic acids is 1. The average Bonchev–Trinajstić information content (AvgIpc) is 3.27. The van der Waals surface area contributed by atoms with Gasteiger partial charge in [0.15, 0.2) is 5.82 Å². The summed E-state index contributed by atoms with van der Waals surface area (Å²) in [7, 11) is -0.591. The van der Waals surface area contributed by atoms with E-state index in [-0.39, 0.29) is 17.1 Å². The smallest absolute Gasteiger partial charge is 0.242 e. The fourth-order valence-corrected chi connectivity index (χ4v) is 5.90. The van der Waals surface area contributed by atoms with Crippen LogP contribution in [0.5, 0.6) is 0 Å². The topological polar surface area (TPSA) is 123 Å². The van der Waals surface area contributed by atoms with Crippen LogP contribution < -0.4 is 10.6 Å². The second kappa shape index (κ2) is 12.6. The van der Waals surface area contributed by atoms with E-state index in [4.69, 9.17) is 5.10 Å². The van der Waals surface area contributed by atoms with Gasteiger partial charge in [-0.05, 0) is 67.8 Å². The molecular formula is C29H34FN7O3S. The summed E-state index contributed by atoms with van der Waals surface area (Å²) in [5.74, 6) is 0.295. The normalized spacial score (nSPS) is 15.6. The Morgan fingerprint density at radius 1 is 1.12 bits per heavy atom. The Morgan fingerprint density at radius 3 is 2.37 bits per heavy atom. The van der Waals surface area contributed by atoms with Crippen molar-refractivity contribution in [3.8, 4) is 6.07 Å². The summed E-state index contributed by atoms with van der Waals surface area (Å²) in [5, 5.41) is 20.6. The Labute approximate surface area is 240 Å². The molecule has 216 valence electrons. The lowest BCUT2D eigenvalue weighted by molar-refractivity contribution is -0.108. The van der Waals surface area contributed by atoms with Crippen LogP contribution in [0.3, 0.4) is 0 Å². The van der Waals surface area contributed by atoms with Gasteiger partial charge in [0.05, 0.1) is 28.6 Å². The number of hydrogen-bond donors (Lipinski definition) is 2. The molecule has 41 heavy (non-hydrogen) atoms. The largest absolute Gasteiger partial charge is 0.339 e. The number of nitrogens with zero attached hydrogens (tertiary/aromatic N) is 5. The third-order valence-electron chi connectivity index (χ3n) is 7.43. The number of nitrogens with one attached hydrogen (secondary N) is 2. The number of rotatable bonds is 11. The number of anilines is 2. The molecule has 2 N–H and O–H groups in total. The minimum Gasteiger partial charge on any atom is -0.339 e. The van der Waals surface area contributed by atoms with Gasteiger partial charge in [0.1, 0.15) is 5.82 Å². The molecular weight excluding hydrogens is 545 g/mol. The Balaban J connectivity index is 1.63. The molecule has 12 heteroatoms. The Kier molecular flexibility index (Phi) is 9.22. The van der Waals surface area contributed by atoms with Crippen LogP contribution in [-0.2, 0) is 26.9 Å². The maximum atomic E-state index is 13.3. The van der Waals surface area contributed by atoms with Crippen LogP contribution in [0, 0.1) is 24.1 Å². The first kappa shape index (κ1) is 29.9. The summed E-state index contributed by atoms with van der Waals surface area (Å²) in [4.78, 5) is 13.4. The molecule has 1 saturated heterocycles. The quantitative estimate of drug-likeness (QED) is 0.330. The minimum absolute atomic E-state index is 0.180. The number of piperidine rings is 1. The molecule has 1 aliphatic heterocycles. The number of sulfonamides is 1. The van der Waals surface area contributed by atoms with Crippen LogP contribution >= 0.6 is 0 Å². The summed E-state index contributed by atoms with van der Waals surface area (Å²) < 4.78 is 41.3. The minimum atomic E-state index is -3.56. The number of halogens is 1. The second-order valence-electron chi connectivity index (χ2n) is 10.3. The first-order valence-electron chi connectivity index (χ1n) is 13.2. The number of amides is 1. The Hall–Kier alpha value is -4.05. The lowest BCUT2D eigenvalue weighted by atomic mass is 9.84. The van der Waals surface area contributed by atoms with Gasteiger partial charge in [-0.2, -0.15) is 10.4 Å². The van der Waals surface area contributed by atoms with Crippen molar-refractivity contribution in [1.82, 2.24) is 24.3 Å². The van der Waals surface area contributed by atoms with Crippen molar-refractivity contribution in [2.24, 2.45) is 0 Å². The van der Waals surface area contributed by atoms with E-state index in [0.29, 0.717) is 37.3 Å². The van der Waals surface area contributed by atoms with Crippen molar-refractivity contribution < 1.29 is 17.6 Å². The molecule has 1 aromatic heterocycles. The number of aromatic nitrogens is 2. The zero-order valence-corrected chi connectivity index (χ0v) is 24.2. The van der Waals surface area contributed by atoms with Crippen molar-refractivity contribution in [1.29, 1.82) is 5.26 Å². The van der Waals surface area contributed by atoms with Gasteiger partial charge in [0.25, 0.3) is 0 Å². The SMILES string of the molecule is Cc1c(Nc2ccc(S(=O)(=O)N(C)C)cc2)nn(C2(CC#N)CCN(Cc3ccc(F)cc3)CC2)c1/C=C\NC=O. The molecule has 2 heterocycles. The zero-order valence-electron chi connectivity index (χ0n) is 23.3. The number of carbonyl (C=O) groups is 1. The number of likely N-dealkylation sites (tertiary alicyclic amines) is 1. The van der Waals surface area contributed by atoms with Gasteiger partial charge in [-0.3, -0.25) is 14.4 Å². The van der Waals surface area contributed by atoms with Crippen molar-refractivity contribution in [3.63, 3.8) is 0 Å². The van der Waals surface area contributed by atoms with Crippen LogP contribution in [0.15, 0.2) is 59.6 Å². The molecule has 0 unspecified atom stereocenters. The molecule has 0 aliphatic carbocycles. The van der Waals surface area contributed by atoms with E-state index in [1.165, 1.54) is 44.6 Å². The fourth-order valence-electron chi connectivity index (χ4n) is 5.00.